The van der Waals surface area contributed by atoms with Gasteiger partial charge in [0.2, 0.25) is 5.91 Å². The van der Waals surface area contributed by atoms with Crippen molar-refractivity contribution >= 4 is 11.9 Å². The number of amides is 3. The number of halogens is 3. The van der Waals surface area contributed by atoms with Crippen LogP contribution in [-0.4, -0.2) is 60.9 Å². The summed E-state index contributed by atoms with van der Waals surface area (Å²) in [7, 11) is 0. The molecule has 0 saturated carbocycles. The van der Waals surface area contributed by atoms with Gasteiger partial charge in [0, 0.05) is 6.54 Å². The number of nitrogens with zero attached hydrogens (tertiary/aromatic N) is 1. The average molecular weight is 271 g/mol. The molecule has 0 aromatic heterocycles. The van der Waals surface area contributed by atoms with E-state index in [2.05, 4.69) is 0 Å². The smallest absolute Gasteiger partial charge is 0.395 e. The van der Waals surface area contributed by atoms with Crippen LogP contribution in [0.3, 0.4) is 0 Å². The van der Waals surface area contributed by atoms with Gasteiger partial charge in [-0.15, -0.1) is 0 Å². The lowest BCUT2D eigenvalue weighted by atomic mass is 10.4. The SMILES string of the molecule is CCN(CCO)CC(=O)NC(=O)NCC(F)(F)F. The average Bonchev–Trinajstić information content (AvgIpc) is 2.24. The number of nitrogens with one attached hydrogen (secondary N) is 2. The van der Waals surface area contributed by atoms with E-state index in [9.17, 15) is 22.8 Å². The monoisotopic (exact) mass is 271 g/mol. The molecule has 0 aromatic carbocycles. The summed E-state index contributed by atoms with van der Waals surface area (Å²) in [5, 5.41) is 11.9. The van der Waals surface area contributed by atoms with E-state index in [4.69, 9.17) is 5.11 Å². The fourth-order valence-corrected chi connectivity index (χ4v) is 1.08. The van der Waals surface area contributed by atoms with Gasteiger partial charge < -0.3 is 10.4 Å². The molecule has 9 heteroatoms. The van der Waals surface area contributed by atoms with Crippen molar-refractivity contribution in [2.75, 3.05) is 32.8 Å². The molecule has 18 heavy (non-hydrogen) atoms. The summed E-state index contributed by atoms with van der Waals surface area (Å²) in [6.07, 6.45) is -4.52. The van der Waals surface area contributed by atoms with Crippen LogP contribution in [0, 0.1) is 0 Å². The van der Waals surface area contributed by atoms with E-state index in [0.29, 0.717) is 6.54 Å². The minimum atomic E-state index is -4.52. The zero-order valence-electron chi connectivity index (χ0n) is 9.88. The first kappa shape index (κ1) is 16.6. The number of urea groups is 1. The number of imide groups is 1. The van der Waals surface area contributed by atoms with Gasteiger partial charge in [-0.3, -0.25) is 15.0 Å². The lowest BCUT2D eigenvalue weighted by Crippen LogP contribution is -2.47. The molecule has 0 saturated heterocycles. The highest BCUT2D eigenvalue weighted by Gasteiger charge is 2.28. The Bertz CT molecular complexity index is 284. The molecule has 0 aromatic rings. The zero-order valence-corrected chi connectivity index (χ0v) is 9.88. The van der Waals surface area contributed by atoms with Gasteiger partial charge in [-0.05, 0) is 6.54 Å². The summed E-state index contributed by atoms with van der Waals surface area (Å²) in [5.74, 6) is -0.732. The van der Waals surface area contributed by atoms with E-state index < -0.39 is 24.7 Å². The molecule has 0 radical (unpaired) electrons. The molecule has 0 aliphatic carbocycles. The summed E-state index contributed by atoms with van der Waals surface area (Å²) in [6, 6.07) is -1.20. The third-order valence-corrected chi connectivity index (χ3v) is 1.93. The first-order chi connectivity index (χ1) is 8.28. The first-order valence-electron chi connectivity index (χ1n) is 5.26. The molecule has 0 aliphatic rings. The van der Waals surface area contributed by atoms with Crippen molar-refractivity contribution in [3.05, 3.63) is 0 Å². The predicted octanol–water partition coefficient (Wildman–Crippen LogP) is -0.311. The Morgan fingerprint density at radius 3 is 2.39 bits per heavy atom. The molecule has 0 bridgehead atoms. The molecular weight excluding hydrogens is 255 g/mol. The molecule has 0 rings (SSSR count). The van der Waals surface area contributed by atoms with Gasteiger partial charge in [0.25, 0.3) is 0 Å². The number of alkyl halides is 3. The third-order valence-electron chi connectivity index (χ3n) is 1.93. The van der Waals surface area contributed by atoms with Gasteiger partial charge in [0.05, 0.1) is 13.2 Å². The highest BCUT2D eigenvalue weighted by atomic mass is 19.4. The Morgan fingerprint density at radius 2 is 1.94 bits per heavy atom. The van der Waals surface area contributed by atoms with Crippen LogP contribution in [0.4, 0.5) is 18.0 Å². The van der Waals surface area contributed by atoms with Crippen molar-refractivity contribution in [1.82, 2.24) is 15.5 Å². The minimum absolute atomic E-state index is 0.151. The molecule has 3 N–H and O–H groups in total. The van der Waals surface area contributed by atoms with Gasteiger partial charge in [-0.1, -0.05) is 6.92 Å². The van der Waals surface area contributed by atoms with Crippen LogP contribution in [0.25, 0.3) is 0 Å². The topological polar surface area (TPSA) is 81.7 Å². The van der Waals surface area contributed by atoms with E-state index in [1.807, 2.05) is 0 Å². The summed E-state index contributed by atoms with van der Waals surface area (Å²) in [4.78, 5) is 23.7. The molecule has 6 nitrogen and oxygen atoms in total. The number of rotatable bonds is 6. The van der Waals surface area contributed by atoms with Gasteiger partial charge in [-0.25, -0.2) is 4.79 Å². The minimum Gasteiger partial charge on any atom is -0.395 e. The molecule has 0 fully saturated rings. The normalized spacial score (nSPS) is 11.4. The largest absolute Gasteiger partial charge is 0.405 e. The summed E-state index contributed by atoms with van der Waals surface area (Å²) >= 11 is 0. The molecule has 0 atom stereocenters. The first-order valence-corrected chi connectivity index (χ1v) is 5.26. The second-order valence-electron chi connectivity index (χ2n) is 3.44. The molecule has 0 aliphatic heterocycles. The van der Waals surface area contributed by atoms with Crippen molar-refractivity contribution in [3.8, 4) is 0 Å². The highest BCUT2D eigenvalue weighted by Crippen LogP contribution is 2.11. The number of carbonyl (C=O) groups excluding carboxylic acids is 2. The zero-order chi connectivity index (χ0) is 14.2. The van der Waals surface area contributed by atoms with Crippen LogP contribution in [0.2, 0.25) is 0 Å². The lowest BCUT2D eigenvalue weighted by Gasteiger charge is -2.18. The molecule has 3 amide bonds. The molecular formula is C9H16F3N3O3. The van der Waals surface area contributed by atoms with Crippen molar-refractivity contribution in [3.63, 3.8) is 0 Å². The maximum absolute atomic E-state index is 11.8. The number of aliphatic hydroxyl groups excluding tert-OH is 1. The van der Waals surface area contributed by atoms with Crippen molar-refractivity contribution in [2.45, 2.75) is 13.1 Å². The van der Waals surface area contributed by atoms with Crippen molar-refractivity contribution in [1.29, 1.82) is 0 Å². The highest BCUT2D eigenvalue weighted by molar-refractivity contribution is 5.95. The fourth-order valence-electron chi connectivity index (χ4n) is 1.08. The maximum Gasteiger partial charge on any atom is 0.405 e. The van der Waals surface area contributed by atoms with Crippen LogP contribution < -0.4 is 10.6 Å². The summed E-state index contributed by atoms with van der Waals surface area (Å²) in [5.41, 5.74) is 0. The van der Waals surface area contributed by atoms with Crippen LogP contribution in [0.5, 0.6) is 0 Å². The van der Waals surface area contributed by atoms with Crippen LogP contribution in [0.1, 0.15) is 6.92 Å². The lowest BCUT2D eigenvalue weighted by molar-refractivity contribution is -0.125. The standard InChI is InChI=1S/C9H16F3N3O3/c1-2-15(3-4-16)5-7(17)14-8(18)13-6-9(10,11)12/h16H,2-6H2,1H3,(H2,13,14,17,18). The van der Waals surface area contributed by atoms with Crippen molar-refractivity contribution in [2.24, 2.45) is 0 Å². The molecule has 0 unspecified atom stereocenters. The Balaban J connectivity index is 3.96. The third kappa shape index (κ3) is 8.76. The Morgan fingerprint density at radius 1 is 1.33 bits per heavy atom. The molecule has 0 spiro atoms. The van der Waals surface area contributed by atoms with E-state index in [0.717, 1.165) is 0 Å². The van der Waals surface area contributed by atoms with E-state index in [1.165, 1.54) is 10.2 Å². The number of carbonyl (C=O) groups is 2. The molecule has 0 heterocycles. The number of aliphatic hydroxyl groups is 1. The number of hydrogen-bond acceptors (Lipinski definition) is 4. The van der Waals surface area contributed by atoms with Gasteiger partial charge in [0.15, 0.2) is 0 Å². The Labute approximate surface area is 102 Å². The summed E-state index contributed by atoms with van der Waals surface area (Å²) in [6.45, 7) is 0.636. The van der Waals surface area contributed by atoms with Crippen LogP contribution >= 0.6 is 0 Å². The Hall–Kier alpha value is -1.35. The fraction of sp³-hybridized carbons (Fsp3) is 0.778. The van der Waals surface area contributed by atoms with E-state index >= 15 is 0 Å². The predicted molar refractivity (Wildman–Crippen MR) is 56.8 cm³/mol. The Kier molecular flexibility index (Phi) is 7.29. The van der Waals surface area contributed by atoms with Gasteiger partial charge in [0.1, 0.15) is 6.54 Å². The van der Waals surface area contributed by atoms with E-state index in [1.54, 1.807) is 12.2 Å². The van der Waals surface area contributed by atoms with Crippen LogP contribution in [0.15, 0.2) is 0 Å². The van der Waals surface area contributed by atoms with Gasteiger partial charge >= 0.3 is 12.2 Å². The second kappa shape index (κ2) is 7.88. The second-order valence-corrected chi connectivity index (χ2v) is 3.44. The quantitative estimate of drug-likeness (QED) is 0.619. The number of hydrogen-bond donors (Lipinski definition) is 3. The van der Waals surface area contributed by atoms with Crippen LogP contribution in [-0.2, 0) is 4.79 Å². The van der Waals surface area contributed by atoms with Crippen molar-refractivity contribution < 1.29 is 27.9 Å². The van der Waals surface area contributed by atoms with E-state index in [-0.39, 0.29) is 19.7 Å². The molecule has 106 valence electrons. The summed E-state index contributed by atoms with van der Waals surface area (Å²) < 4.78 is 35.3. The van der Waals surface area contributed by atoms with Gasteiger partial charge in [-0.2, -0.15) is 13.2 Å². The number of likely N-dealkylation sites (N-methyl/N-ethyl adjacent to an activating group) is 1. The maximum atomic E-state index is 11.8.